The lowest BCUT2D eigenvalue weighted by molar-refractivity contribution is 0.242. The predicted octanol–water partition coefficient (Wildman–Crippen LogP) is 3.43. The number of rotatable bonds is 7. The summed E-state index contributed by atoms with van der Waals surface area (Å²) in [4.78, 5) is 11.4. The summed E-state index contributed by atoms with van der Waals surface area (Å²) >= 11 is 3.55. The second-order valence-electron chi connectivity index (χ2n) is 6.56. The molecule has 1 aliphatic heterocycles. The Kier molecular flexibility index (Phi) is 9.87. The zero-order valence-electron chi connectivity index (χ0n) is 14.9. The first-order chi connectivity index (χ1) is 11.8. The summed E-state index contributed by atoms with van der Waals surface area (Å²) in [5.74, 6) is 2.05. The maximum Gasteiger partial charge on any atom is 0.191 e. The summed E-state index contributed by atoms with van der Waals surface area (Å²) in [6.07, 6.45) is 9.85. The van der Waals surface area contributed by atoms with Crippen molar-refractivity contribution in [2.45, 2.75) is 54.9 Å². The largest absolute Gasteiger partial charge is 0.356 e. The van der Waals surface area contributed by atoms with E-state index in [1.54, 1.807) is 11.3 Å². The molecule has 2 fully saturated rings. The van der Waals surface area contributed by atoms with Crippen LogP contribution in [0.5, 0.6) is 0 Å². The second kappa shape index (κ2) is 11.6. The van der Waals surface area contributed by atoms with Gasteiger partial charge in [-0.05, 0) is 25.7 Å². The van der Waals surface area contributed by atoms with Gasteiger partial charge >= 0.3 is 0 Å². The van der Waals surface area contributed by atoms with E-state index in [2.05, 4.69) is 25.5 Å². The van der Waals surface area contributed by atoms with Gasteiger partial charge in [0.1, 0.15) is 4.34 Å². The predicted molar refractivity (Wildman–Crippen MR) is 120 cm³/mol. The van der Waals surface area contributed by atoms with Crippen molar-refractivity contribution < 1.29 is 0 Å². The summed E-state index contributed by atoms with van der Waals surface area (Å²) < 4.78 is 1.16. The number of halogens is 1. The van der Waals surface area contributed by atoms with Crippen LogP contribution in [-0.4, -0.2) is 60.4 Å². The first-order valence-electron chi connectivity index (χ1n) is 9.08. The van der Waals surface area contributed by atoms with Crippen LogP contribution in [0.1, 0.15) is 38.5 Å². The van der Waals surface area contributed by atoms with E-state index in [-0.39, 0.29) is 24.0 Å². The molecule has 0 radical (unpaired) electrons. The number of thioether (sulfide) groups is 1. The van der Waals surface area contributed by atoms with Crippen LogP contribution in [0.4, 0.5) is 0 Å². The number of thiazole rings is 1. The average Bonchev–Trinajstić information content (AvgIpc) is 3.34. The van der Waals surface area contributed by atoms with Gasteiger partial charge in [0, 0.05) is 56.1 Å². The van der Waals surface area contributed by atoms with Gasteiger partial charge in [0.05, 0.1) is 0 Å². The maximum atomic E-state index is 4.38. The molecule has 1 aromatic heterocycles. The van der Waals surface area contributed by atoms with Gasteiger partial charge in [0.15, 0.2) is 5.96 Å². The number of guanidine groups is 1. The molecule has 1 aliphatic carbocycles. The highest BCUT2D eigenvalue weighted by molar-refractivity contribution is 14.0. The van der Waals surface area contributed by atoms with Crippen molar-refractivity contribution in [3.05, 3.63) is 11.6 Å². The summed E-state index contributed by atoms with van der Waals surface area (Å²) in [6, 6.07) is 1.39. The number of aliphatic imine (C=N–C) groups is 1. The number of hydrogen-bond acceptors (Lipinski definition) is 5. The fourth-order valence-corrected chi connectivity index (χ4v) is 5.26. The van der Waals surface area contributed by atoms with Gasteiger partial charge < -0.3 is 10.6 Å². The van der Waals surface area contributed by atoms with Gasteiger partial charge in [-0.1, -0.05) is 24.6 Å². The molecule has 1 unspecified atom stereocenters. The van der Waals surface area contributed by atoms with Crippen LogP contribution in [0, 0.1) is 0 Å². The van der Waals surface area contributed by atoms with E-state index in [0.29, 0.717) is 6.04 Å². The molecule has 2 heterocycles. The number of hydrogen-bond donors (Lipinski definition) is 2. The van der Waals surface area contributed by atoms with Crippen molar-refractivity contribution in [2.24, 2.45) is 4.99 Å². The third-order valence-corrected chi connectivity index (χ3v) is 6.93. The van der Waals surface area contributed by atoms with Gasteiger partial charge in [0.25, 0.3) is 0 Å². The lowest BCUT2D eigenvalue weighted by Gasteiger charge is -2.24. The van der Waals surface area contributed by atoms with E-state index in [9.17, 15) is 0 Å². The molecule has 2 N–H and O–H groups in total. The smallest absolute Gasteiger partial charge is 0.191 e. The van der Waals surface area contributed by atoms with Crippen LogP contribution in [0.2, 0.25) is 0 Å². The fraction of sp³-hybridized carbons (Fsp3) is 0.765. The lowest BCUT2D eigenvalue weighted by Crippen LogP contribution is -2.45. The van der Waals surface area contributed by atoms with Gasteiger partial charge in [0.2, 0.25) is 0 Å². The SMILES string of the molecule is CN=C(NCCCSc1nccs1)NC1CCN(C2CCCC2)C1.I. The standard InChI is InChI=1S/C17H29N5S2.HI/c1-18-16(19-8-4-11-23-17-20-9-12-24-17)21-14-7-10-22(13-14)15-5-2-3-6-15;/h9,12,14-15H,2-8,10-11,13H2,1H3,(H2,18,19,21);1H. The van der Waals surface area contributed by atoms with Crippen molar-refractivity contribution in [2.75, 3.05) is 32.4 Å². The van der Waals surface area contributed by atoms with Gasteiger partial charge in [-0.2, -0.15) is 0 Å². The van der Waals surface area contributed by atoms with E-state index in [4.69, 9.17) is 0 Å². The minimum Gasteiger partial charge on any atom is -0.356 e. The first kappa shape index (κ1) is 21.2. The summed E-state index contributed by atoms with van der Waals surface area (Å²) in [5, 5.41) is 9.09. The van der Waals surface area contributed by atoms with Crippen molar-refractivity contribution in [3.8, 4) is 0 Å². The van der Waals surface area contributed by atoms with Crippen LogP contribution in [-0.2, 0) is 0 Å². The highest BCUT2D eigenvalue weighted by atomic mass is 127. The molecular formula is C17H30IN5S2. The van der Waals surface area contributed by atoms with E-state index in [1.165, 1.54) is 45.2 Å². The molecular weight excluding hydrogens is 465 g/mol. The fourth-order valence-electron chi connectivity index (χ4n) is 3.61. The van der Waals surface area contributed by atoms with Crippen molar-refractivity contribution in [1.29, 1.82) is 0 Å². The second-order valence-corrected chi connectivity index (χ2v) is 8.80. The summed E-state index contributed by atoms with van der Waals surface area (Å²) in [7, 11) is 1.86. The van der Waals surface area contributed by atoms with Crippen LogP contribution in [0.3, 0.4) is 0 Å². The molecule has 142 valence electrons. The first-order valence-corrected chi connectivity index (χ1v) is 10.9. The topological polar surface area (TPSA) is 52.6 Å². The Morgan fingerprint density at radius 1 is 1.40 bits per heavy atom. The molecule has 0 aromatic carbocycles. The van der Waals surface area contributed by atoms with Crippen molar-refractivity contribution >= 4 is 53.0 Å². The molecule has 0 bridgehead atoms. The molecule has 0 spiro atoms. The highest BCUT2D eigenvalue weighted by Gasteiger charge is 2.30. The van der Waals surface area contributed by atoms with E-state index >= 15 is 0 Å². The van der Waals surface area contributed by atoms with Crippen LogP contribution in [0.25, 0.3) is 0 Å². The van der Waals surface area contributed by atoms with Crippen LogP contribution < -0.4 is 10.6 Å². The molecule has 8 heteroatoms. The molecule has 1 aromatic rings. The Hall–Kier alpha value is -0.0600. The summed E-state index contributed by atoms with van der Waals surface area (Å²) in [5.41, 5.74) is 0. The molecule has 25 heavy (non-hydrogen) atoms. The zero-order valence-corrected chi connectivity index (χ0v) is 18.9. The van der Waals surface area contributed by atoms with E-state index in [1.807, 2.05) is 30.4 Å². The van der Waals surface area contributed by atoms with Crippen molar-refractivity contribution in [1.82, 2.24) is 20.5 Å². The Balaban J connectivity index is 0.00000225. The van der Waals surface area contributed by atoms with Gasteiger partial charge in [-0.15, -0.1) is 35.3 Å². The molecule has 1 saturated heterocycles. The zero-order chi connectivity index (χ0) is 16.6. The highest BCUT2D eigenvalue weighted by Crippen LogP contribution is 2.26. The normalized spacial score (nSPS) is 22.1. The number of nitrogens with zero attached hydrogens (tertiary/aromatic N) is 3. The number of likely N-dealkylation sites (tertiary alicyclic amines) is 1. The number of aromatic nitrogens is 1. The molecule has 1 saturated carbocycles. The molecule has 1 atom stereocenters. The van der Waals surface area contributed by atoms with E-state index < -0.39 is 0 Å². The number of nitrogens with one attached hydrogen (secondary N) is 2. The molecule has 5 nitrogen and oxygen atoms in total. The molecule has 3 rings (SSSR count). The van der Waals surface area contributed by atoms with Gasteiger partial charge in [-0.25, -0.2) is 4.98 Å². The van der Waals surface area contributed by atoms with Crippen LogP contribution in [0.15, 0.2) is 20.9 Å². The maximum absolute atomic E-state index is 4.38. The quantitative estimate of drug-likeness (QED) is 0.200. The van der Waals surface area contributed by atoms with E-state index in [0.717, 1.165) is 35.1 Å². The van der Waals surface area contributed by atoms with Crippen molar-refractivity contribution in [3.63, 3.8) is 0 Å². The van der Waals surface area contributed by atoms with Crippen LogP contribution >= 0.6 is 47.1 Å². The average molecular weight is 496 g/mol. The molecule has 2 aliphatic rings. The Morgan fingerprint density at radius 2 is 2.24 bits per heavy atom. The minimum absolute atomic E-state index is 0. The monoisotopic (exact) mass is 495 g/mol. The summed E-state index contributed by atoms with van der Waals surface area (Å²) in [6.45, 7) is 3.37. The Bertz CT molecular complexity index is 505. The lowest BCUT2D eigenvalue weighted by atomic mass is 10.2. The third kappa shape index (κ3) is 6.88. The van der Waals surface area contributed by atoms with Gasteiger partial charge in [-0.3, -0.25) is 9.89 Å². The minimum atomic E-state index is 0. The Morgan fingerprint density at radius 3 is 2.96 bits per heavy atom. The Labute approximate surface area is 176 Å². The third-order valence-electron chi connectivity index (χ3n) is 4.87. The molecule has 0 amide bonds.